The zero-order valence-electron chi connectivity index (χ0n) is 9.37. The number of thiazole rings is 1. The second-order valence-electron chi connectivity index (χ2n) is 3.96. The molecular weight excluding hydrogens is 202 g/mol. The smallest absolute Gasteiger partial charge is 0.0971 e. The molecule has 0 saturated carbocycles. The largest absolute Gasteiger partial charge is 0.249 e. The Labute approximate surface area is 94.8 Å². The summed E-state index contributed by atoms with van der Waals surface area (Å²) in [7, 11) is 0. The van der Waals surface area contributed by atoms with Crippen molar-refractivity contribution in [2.24, 2.45) is 0 Å². The summed E-state index contributed by atoms with van der Waals surface area (Å²) in [6, 6.07) is 6.64. The van der Waals surface area contributed by atoms with Crippen LogP contribution in [0.25, 0.3) is 0 Å². The number of hydrogen-bond donors (Lipinski definition) is 0. The maximum Gasteiger partial charge on any atom is 0.0971 e. The summed E-state index contributed by atoms with van der Waals surface area (Å²) in [5.74, 6) is 0. The molecule has 0 N–H and O–H groups in total. The third-order valence-electron chi connectivity index (χ3n) is 2.60. The summed E-state index contributed by atoms with van der Waals surface area (Å²) in [6.07, 6.45) is 2.90. The van der Waals surface area contributed by atoms with Crippen LogP contribution in [0.5, 0.6) is 0 Å². The average Bonchev–Trinajstić information content (AvgIpc) is 2.58. The first-order valence-corrected chi connectivity index (χ1v) is 5.94. The van der Waals surface area contributed by atoms with Crippen molar-refractivity contribution in [1.29, 1.82) is 0 Å². The van der Waals surface area contributed by atoms with E-state index in [1.54, 1.807) is 11.3 Å². The molecule has 0 unspecified atom stereocenters. The lowest BCUT2D eigenvalue weighted by atomic mass is 10.0. The Bertz CT molecular complexity index is 471. The Kier molecular flexibility index (Phi) is 2.87. The fraction of sp³-hybridized carbons (Fsp3) is 0.308. The van der Waals surface area contributed by atoms with Gasteiger partial charge in [-0.25, -0.2) is 4.98 Å². The van der Waals surface area contributed by atoms with Crippen LogP contribution >= 0.6 is 11.3 Å². The van der Waals surface area contributed by atoms with Crippen LogP contribution in [-0.2, 0) is 6.42 Å². The molecule has 0 aliphatic rings. The normalized spacial score (nSPS) is 10.6. The highest BCUT2D eigenvalue weighted by Crippen LogP contribution is 2.17. The number of benzene rings is 1. The second kappa shape index (κ2) is 4.15. The summed E-state index contributed by atoms with van der Waals surface area (Å²) >= 11 is 1.78. The lowest BCUT2D eigenvalue weighted by Crippen LogP contribution is -1.89. The molecule has 0 atom stereocenters. The number of aryl methyl sites for hydroxylation is 3. The average molecular weight is 217 g/mol. The Hall–Kier alpha value is -1.15. The highest BCUT2D eigenvalue weighted by atomic mass is 32.1. The highest BCUT2D eigenvalue weighted by Gasteiger charge is 2.01. The second-order valence-corrected chi connectivity index (χ2v) is 5.28. The molecule has 0 bridgehead atoms. The monoisotopic (exact) mass is 217 g/mol. The van der Waals surface area contributed by atoms with Crippen LogP contribution < -0.4 is 0 Å². The molecule has 0 radical (unpaired) electrons. The van der Waals surface area contributed by atoms with Crippen molar-refractivity contribution >= 4 is 11.3 Å². The first kappa shape index (κ1) is 10.4. The standard InChI is InChI=1S/C13H15NS/c1-9-4-5-12(6-10(9)2)7-13-14-8-11(3)15-13/h4-6,8H,7H2,1-3H3. The lowest BCUT2D eigenvalue weighted by molar-refractivity contribution is 1.12. The first-order chi connectivity index (χ1) is 7.15. The minimum atomic E-state index is 0.958. The van der Waals surface area contributed by atoms with Crippen molar-refractivity contribution in [3.63, 3.8) is 0 Å². The zero-order valence-corrected chi connectivity index (χ0v) is 10.2. The molecule has 1 nitrogen and oxygen atoms in total. The molecule has 0 amide bonds. The number of hydrogen-bond acceptors (Lipinski definition) is 2. The first-order valence-electron chi connectivity index (χ1n) is 5.12. The summed E-state index contributed by atoms with van der Waals surface area (Å²) in [6.45, 7) is 6.40. The molecule has 2 rings (SSSR count). The minimum absolute atomic E-state index is 0.958. The molecule has 0 aliphatic heterocycles. The zero-order chi connectivity index (χ0) is 10.8. The van der Waals surface area contributed by atoms with Gasteiger partial charge in [-0.15, -0.1) is 11.3 Å². The van der Waals surface area contributed by atoms with Gasteiger partial charge in [0.05, 0.1) is 5.01 Å². The van der Waals surface area contributed by atoms with Crippen molar-refractivity contribution in [2.45, 2.75) is 27.2 Å². The molecule has 2 heteroatoms. The molecule has 15 heavy (non-hydrogen) atoms. The molecule has 0 fully saturated rings. The maximum atomic E-state index is 4.38. The van der Waals surface area contributed by atoms with E-state index in [0.717, 1.165) is 6.42 Å². The van der Waals surface area contributed by atoms with Gasteiger partial charge in [-0.05, 0) is 37.5 Å². The third-order valence-corrected chi connectivity index (χ3v) is 3.51. The van der Waals surface area contributed by atoms with Crippen LogP contribution in [-0.4, -0.2) is 4.98 Å². The van der Waals surface area contributed by atoms with Crippen molar-refractivity contribution in [1.82, 2.24) is 4.98 Å². The molecule has 1 aromatic heterocycles. The van der Waals surface area contributed by atoms with E-state index in [1.807, 2.05) is 6.20 Å². The van der Waals surface area contributed by atoms with E-state index in [4.69, 9.17) is 0 Å². The Balaban J connectivity index is 2.21. The van der Waals surface area contributed by atoms with Crippen molar-refractivity contribution in [2.75, 3.05) is 0 Å². The Morgan fingerprint density at radius 1 is 1.13 bits per heavy atom. The van der Waals surface area contributed by atoms with Crippen LogP contribution in [0.3, 0.4) is 0 Å². The summed E-state index contributed by atoms with van der Waals surface area (Å²) in [5, 5.41) is 1.20. The molecule has 1 heterocycles. The van der Waals surface area contributed by atoms with E-state index in [0.29, 0.717) is 0 Å². The third kappa shape index (κ3) is 2.45. The van der Waals surface area contributed by atoms with Gasteiger partial charge in [0.1, 0.15) is 0 Å². The number of rotatable bonds is 2. The van der Waals surface area contributed by atoms with Gasteiger partial charge in [0.2, 0.25) is 0 Å². The fourth-order valence-electron chi connectivity index (χ4n) is 1.57. The van der Waals surface area contributed by atoms with E-state index < -0.39 is 0 Å². The van der Waals surface area contributed by atoms with E-state index >= 15 is 0 Å². The van der Waals surface area contributed by atoms with Crippen LogP contribution in [0.2, 0.25) is 0 Å². The Morgan fingerprint density at radius 2 is 1.93 bits per heavy atom. The van der Waals surface area contributed by atoms with Crippen LogP contribution in [0.15, 0.2) is 24.4 Å². The van der Waals surface area contributed by atoms with E-state index in [-0.39, 0.29) is 0 Å². The number of nitrogens with zero attached hydrogens (tertiary/aromatic N) is 1. The van der Waals surface area contributed by atoms with Gasteiger partial charge < -0.3 is 0 Å². The van der Waals surface area contributed by atoms with E-state index in [1.165, 1.54) is 26.6 Å². The number of aromatic nitrogens is 1. The van der Waals surface area contributed by atoms with Gasteiger partial charge in [-0.2, -0.15) is 0 Å². The molecule has 2 aromatic rings. The van der Waals surface area contributed by atoms with Crippen LogP contribution in [0.4, 0.5) is 0 Å². The molecule has 78 valence electrons. The van der Waals surface area contributed by atoms with Gasteiger partial charge in [0, 0.05) is 17.5 Å². The summed E-state index contributed by atoms with van der Waals surface area (Å²) in [5.41, 5.74) is 4.07. The van der Waals surface area contributed by atoms with Crippen molar-refractivity contribution in [3.05, 3.63) is 51.0 Å². The maximum absolute atomic E-state index is 4.38. The van der Waals surface area contributed by atoms with Crippen LogP contribution in [0, 0.1) is 20.8 Å². The van der Waals surface area contributed by atoms with Crippen molar-refractivity contribution in [3.8, 4) is 0 Å². The fourth-order valence-corrected chi connectivity index (χ4v) is 2.39. The Morgan fingerprint density at radius 3 is 2.53 bits per heavy atom. The quantitative estimate of drug-likeness (QED) is 0.748. The van der Waals surface area contributed by atoms with Gasteiger partial charge in [0.15, 0.2) is 0 Å². The van der Waals surface area contributed by atoms with E-state index in [2.05, 4.69) is 44.0 Å². The van der Waals surface area contributed by atoms with Crippen LogP contribution in [0.1, 0.15) is 26.6 Å². The SMILES string of the molecule is Cc1cnc(Cc2ccc(C)c(C)c2)s1. The predicted octanol–water partition coefficient (Wildman–Crippen LogP) is 3.66. The molecular formula is C13H15NS. The van der Waals surface area contributed by atoms with Crippen molar-refractivity contribution < 1.29 is 0 Å². The molecule has 0 aliphatic carbocycles. The van der Waals surface area contributed by atoms with Gasteiger partial charge in [-0.1, -0.05) is 18.2 Å². The molecule has 1 aromatic carbocycles. The van der Waals surface area contributed by atoms with Gasteiger partial charge in [0.25, 0.3) is 0 Å². The minimum Gasteiger partial charge on any atom is -0.249 e. The highest BCUT2D eigenvalue weighted by molar-refractivity contribution is 7.11. The topological polar surface area (TPSA) is 12.9 Å². The molecule has 0 saturated heterocycles. The van der Waals surface area contributed by atoms with E-state index in [9.17, 15) is 0 Å². The lowest BCUT2D eigenvalue weighted by Gasteiger charge is -2.03. The molecule has 0 spiro atoms. The predicted molar refractivity (Wildman–Crippen MR) is 65.6 cm³/mol. The summed E-state index contributed by atoms with van der Waals surface area (Å²) < 4.78 is 0. The van der Waals surface area contributed by atoms with Gasteiger partial charge >= 0.3 is 0 Å². The van der Waals surface area contributed by atoms with Gasteiger partial charge in [-0.3, -0.25) is 0 Å². The summed E-state index contributed by atoms with van der Waals surface area (Å²) in [4.78, 5) is 5.67.